The van der Waals surface area contributed by atoms with Gasteiger partial charge in [-0.25, -0.2) is 0 Å². The lowest BCUT2D eigenvalue weighted by Gasteiger charge is -2.08. The van der Waals surface area contributed by atoms with Crippen LogP contribution in [0.1, 0.15) is 54.7 Å². The predicted octanol–water partition coefficient (Wildman–Crippen LogP) is 3.32. The van der Waals surface area contributed by atoms with Crippen LogP contribution in [-0.2, 0) is 26.4 Å². The van der Waals surface area contributed by atoms with Gasteiger partial charge in [0.25, 0.3) is 0 Å². The van der Waals surface area contributed by atoms with Crippen LogP contribution in [0, 0.1) is 0 Å². The molecule has 4 nitrogen and oxygen atoms in total. The molecule has 0 aliphatic heterocycles. The second kappa shape index (κ2) is 5.97. The fraction of sp³-hybridized carbons (Fsp3) is 0.562. The van der Waals surface area contributed by atoms with E-state index in [9.17, 15) is 0 Å². The van der Waals surface area contributed by atoms with Crippen LogP contribution in [0.2, 0.25) is 0 Å². The molecule has 5 heteroatoms. The lowest BCUT2D eigenvalue weighted by molar-refractivity contribution is 0.606. The van der Waals surface area contributed by atoms with Gasteiger partial charge in [0.1, 0.15) is 0 Å². The SMILES string of the molecule is CCc1nn(C)c(Cn2cc3c(c2)C(N)CCCC3)c1Br. The topological polar surface area (TPSA) is 48.8 Å². The van der Waals surface area contributed by atoms with E-state index in [0.29, 0.717) is 0 Å². The Morgan fingerprint density at radius 2 is 2.19 bits per heavy atom. The Balaban J connectivity index is 1.89. The van der Waals surface area contributed by atoms with Crippen molar-refractivity contribution in [1.29, 1.82) is 0 Å². The van der Waals surface area contributed by atoms with Crippen molar-refractivity contribution in [1.82, 2.24) is 14.3 Å². The lowest BCUT2D eigenvalue weighted by atomic mass is 10.1. The molecule has 1 atom stereocenters. The molecular weight excluding hydrogens is 328 g/mol. The second-order valence-corrected chi connectivity index (χ2v) is 6.74. The maximum absolute atomic E-state index is 6.30. The van der Waals surface area contributed by atoms with Crippen LogP contribution in [-0.4, -0.2) is 14.3 Å². The van der Waals surface area contributed by atoms with Crippen molar-refractivity contribution < 1.29 is 0 Å². The van der Waals surface area contributed by atoms with Gasteiger partial charge in [-0.3, -0.25) is 4.68 Å². The third-order valence-corrected chi connectivity index (χ3v) is 5.36. The summed E-state index contributed by atoms with van der Waals surface area (Å²) in [5, 5.41) is 4.57. The zero-order valence-electron chi connectivity index (χ0n) is 12.8. The van der Waals surface area contributed by atoms with Gasteiger partial charge in [-0.15, -0.1) is 0 Å². The summed E-state index contributed by atoms with van der Waals surface area (Å²) in [6.07, 6.45) is 10.2. The summed E-state index contributed by atoms with van der Waals surface area (Å²) in [4.78, 5) is 0. The molecule has 2 aromatic heterocycles. The highest BCUT2D eigenvalue weighted by molar-refractivity contribution is 9.10. The fourth-order valence-electron chi connectivity index (χ4n) is 3.21. The van der Waals surface area contributed by atoms with Crippen LogP contribution in [0.15, 0.2) is 16.9 Å². The molecule has 0 saturated heterocycles. The smallest absolute Gasteiger partial charge is 0.0767 e. The normalized spacial score (nSPS) is 18.6. The summed E-state index contributed by atoms with van der Waals surface area (Å²) < 4.78 is 5.38. The Morgan fingerprint density at radius 3 is 2.90 bits per heavy atom. The van der Waals surface area contributed by atoms with Crippen molar-refractivity contribution in [2.75, 3.05) is 0 Å². The Labute approximate surface area is 134 Å². The largest absolute Gasteiger partial charge is 0.348 e. The van der Waals surface area contributed by atoms with E-state index in [1.165, 1.54) is 29.7 Å². The molecule has 1 aliphatic carbocycles. The average molecular weight is 351 g/mol. The first kappa shape index (κ1) is 14.9. The molecule has 1 aliphatic rings. The molecule has 0 fully saturated rings. The molecule has 2 aromatic rings. The van der Waals surface area contributed by atoms with Gasteiger partial charge in [-0.05, 0) is 52.7 Å². The van der Waals surface area contributed by atoms with Crippen molar-refractivity contribution in [3.05, 3.63) is 39.4 Å². The number of fused-ring (bicyclic) bond motifs is 1. The van der Waals surface area contributed by atoms with E-state index in [4.69, 9.17) is 5.73 Å². The van der Waals surface area contributed by atoms with Gasteiger partial charge in [0.2, 0.25) is 0 Å². The molecule has 2 N–H and O–H groups in total. The van der Waals surface area contributed by atoms with E-state index in [1.807, 2.05) is 11.7 Å². The van der Waals surface area contributed by atoms with Crippen molar-refractivity contribution in [3.63, 3.8) is 0 Å². The minimum Gasteiger partial charge on any atom is -0.348 e. The van der Waals surface area contributed by atoms with Gasteiger partial charge < -0.3 is 10.3 Å². The van der Waals surface area contributed by atoms with Crippen LogP contribution in [0.3, 0.4) is 0 Å². The summed E-state index contributed by atoms with van der Waals surface area (Å²) in [5.41, 5.74) is 11.4. The van der Waals surface area contributed by atoms with Crippen LogP contribution < -0.4 is 5.73 Å². The number of rotatable bonds is 3. The predicted molar refractivity (Wildman–Crippen MR) is 88.3 cm³/mol. The molecule has 3 rings (SSSR count). The number of hydrogen-bond acceptors (Lipinski definition) is 2. The van der Waals surface area contributed by atoms with Crippen molar-refractivity contribution in [2.24, 2.45) is 12.8 Å². The zero-order valence-corrected chi connectivity index (χ0v) is 14.4. The van der Waals surface area contributed by atoms with Gasteiger partial charge in [-0.1, -0.05) is 13.3 Å². The minimum absolute atomic E-state index is 0.199. The van der Waals surface area contributed by atoms with Crippen molar-refractivity contribution in [2.45, 2.75) is 51.6 Å². The number of nitrogens with zero attached hydrogens (tertiary/aromatic N) is 3. The third-order valence-electron chi connectivity index (χ3n) is 4.44. The monoisotopic (exact) mass is 350 g/mol. The number of aromatic nitrogens is 3. The van der Waals surface area contributed by atoms with E-state index >= 15 is 0 Å². The minimum atomic E-state index is 0.199. The molecule has 0 spiro atoms. The first-order valence-corrected chi connectivity index (χ1v) is 8.53. The Bertz CT molecular complexity index is 641. The molecule has 0 aromatic carbocycles. The molecule has 114 valence electrons. The summed E-state index contributed by atoms with van der Waals surface area (Å²) >= 11 is 3.69. The number of nitrogens with two attached hydrogens (primary N) is 1. The average Bonchev–Trinajstić information content (AvgIpc) is 2.94. The highest BCUT2D eigenvalue weighted by atomic mass is 79.9. The summed E-state index contributed by atoms with van der Waals surface area (Å²) in [6.45, 7) is 2.97. The molecule has 0 saturated carbocycles. The molecular formula is C16H23BrN4. The van der Waals surface area contributed by atoms with Gasteiger partial charge >= 0.3 is 0 Å². The number of aryl methyl sites for hydroxylation is 3. The summed E-state index contributed by atoms with van der Waals surface area (Å²) in [5.74, 6) is 0. The molecule has 1 unspecified atom stereocenters. The van der Waals surface area contributed by atoms with Gasteiger partial charge in [0.05, 0.1) is 22.4 Å². The maximum Gasteiger partial charge on any atom is 0.0767 e. The number of hydrogen-bond donors (Lipinski definition) is 1. The van der Waals surface area contributed by atoms with Gasteiger partial charge in [0.15, 0.2) is 0 Å². The second-order valence-electron chi connectivity index (χ2n) is 5.95. The van der Waals surface area contributed by atoms with Crippen molar-refractivity contribution >= 4 is 15.9 Å². The van der Waals surface area contributed by atoms with Crippen LogP contribution in [0.5, 0.6) is 0 Å². The molecule has 0 radical (unpaired) electrons. The van der Waals surface area contributed by atoms with Gasteiger partial charge in [0, 0.05) is 25.5 Å². The van der Waals surface area contributed by atoms with E-state index in [0.717, 1.165) is 36.0 Å². The molecule has 0 bridgehead atoms. The Morgan fingerprint density at radius 1 is 1.38 bits per heavy atom. The van der Waals surface area contributed by atoms with Crippen LogP contribution in [0.25, 0.3) is 0 Å². The third kappa shape index (κ3) is 2.81. The van der Waals surface area contributed by atoms with Gasteiger partial charge in [-0.2, -0.15) is 5.10 Å². The number of halogens is 1. The quantitative estimate of drug-likeness (QED) is 0.863. The highest BCUT2D eigenvalue weighted by Crippen LogP contribution is 2.29. The Hall–Kier alpha value is -1.07. The zero-order chi connectivity index (χ0) is 15.0. The molecule has 21 heavy (non-hydrogen) atoms. The highest BCUT2D eigenvalue weighted by Gasteiger charge is 2.19. The van der Waals surface area contributed by atoms with Crippen LogP contribution in [0.4, 0.5) is 0 Å². The van der Waals surface area contributed by atoms with Crippen LogP contribution >= 0.6 is 15.9 Å². The van der Waals surface area contributed by atoms with E-state index in [2.05, 4.69) is 44.9 Å². The van der Waals surface area contributed by atoms with Crippen molar-refractivity contribution in [3.8, 4) is 0 Å². The molecule has 0 amide bonds. The van der Waals surface area contributed by atoms with E-state index < -0.39 is 0 Å². The standard InChI is InChI=1S/C16H23BrN4/c1-3-14-16(17)15(20(2)19-14)10-21-8-11-6-4-5-7-13(18)12(11)9-21/h8-9,13H,3-7,10,18H2,1-2H3. The first-order chi connectivity index (χ1) is 10.1. The van der Waals surface area contributed by atoms with E-state index in [-0.39, 0.29) is 6.04 Å². The fourth-order valence-corrected chi connectivity index (χ4v) is 3.95. The summed E-state index contributed by atoms with van der Waals surface area (Å²) in [6, 6.07) is 0.199. The molecule has 2 heterocycles. The lowest BCUT2D eigenvalue weighted by Crippen LogP contribution is -2.09. The Kier molecular flexibility index (Phi) is 4.22. The maximum atomic E-state index is 6.30. The summed E-state index contributed by atoms with van der Waals surface area (Å²) in [7, 11) is 2.01. The van der Waals surface area contributed by atoms with E-state index in [1.54, 1.807) is 0 Å². The first-order valence-electron chi connectivity index (χ1n) is 7.74.